The number of pyridine rings is 1. The predicted molar refractivity (Wildman–Crippen MR) is 139 cm³/mol. The van der Waals surface area contributed by atoms with Crippen LogP contribution in [0.15, 0.2) is 71.7 Å². The Balaban J connectivity index is 1.39. The van der Waals surface area contributed by atoms with E-state index in [0.717, 1.165) is 5.56 Å². The molecule has 0 bridgehead atoms. The van der Waals surface area contributed by atoms with E-state index in [1.54, 1.807) is 59.5 Å². The average Bonchev–Trinajstić information content (AvgIpc) is 2.94. The number of methoxy groups -OCH3 is 1. The Morgan fingerprint density at radius 2 is 1.65 bits per heavy atom. The van der Waals surface area contributed by atoms with Crippen LogP contribution >= 0.6 is 11.6 Å². The Morgan fingerprint density at radius 1 is 0.946 bits per heavy atom. The molecule has 1 aliphatic heterocycles. The van der Waals surface area contributed by atoms with Crippen LogP contribution in [0.3, 0.4) is 0 Å². The minimum atomic E-state index is -0.510. The van der Waals surface area contributed by atoms with Gasteiger partial charge in [-0.25, -0.2) is 9.97 Å². The third-order valence-electron chi connectivity index (χ3n) is 6.33. The van der Waals surface area contributed by atoms with Gasteiger partial charge < -0.3 is 14.5 Å². The number of carbonyl (C=O) groups is 2. The van der Waals surface area contributed by atoms with Crippen LogP contribution < -0.4 is 10.3 Å². The number of carbonyl (C=O) groups excluding carboxylic acids is 2. The monoisotopic (exact) mass is 517 g/mol. The number of halogens is 1. The third kappa shape index (κ3) is 5.03. The van der Waals surface area contributed by atoms with Gasteiger partial charge in [-0.3, -0.25) is 19.0 Å². The molecule has 37 heavy (non-hydrogen) atoms. The Bertz CT molecular complexity index is 1530. The number of rotatable bonds is 5. The van der Waals surface area contributed by atoms with Crippen molar-refractivity contribution in [1.82, 2.24) is 24.3 Å². The van der Waals surface area contributed by atoms with Gasteiger partial charge in [-0.2, -0.15) is 0 Å². The highest BCUT2D eigenvalue weighted by Crippen LogP contribution is 2.17. The van der Waals surface area contributed by atoms with Gasteiger partial charge in [0.2, 0.25) is 0 Å². The second-order valence-electron chi connectivity index (χ2n) is 8.64. The first-order valence-corrected chi connectivity index (χ1v) is 12.1. The van der Waals surface area contributed by atoms with Crippen molar-refractivity contribution in [3.63, 3.8) is 0 Å². The van der Waals surface area contributed by atoms with Crippen LogP contribution in [0.5, 0.6) is 5.75 Å². The Hall–Kier alpha value is -4.24. The molecule has 9 nitrogen and oxygen atoms in total. The molecule has 1 fully saturated rings. The van der Waals surface area contributed by atoms with Crippen LogP contribution in [0, 0.1) is 0 Å². The summed E-state index contributed by atoms with van der Waals surface area (Å²) < 4.78 is 6.68. The van der Waals surface area contributed by atoms with Crippen molar-refractivity contribution < 1.29 is 14.3 Å². The van der Waals surface area contributed by atoms with Crippen LogP contribution in [-0.4, -0.2) is 69.4 Å². The molecule has 0 atom stereocenters. The number of hydrogen-bond donors (Lipinski definition) is 0. The zero-order chi connectivity index (χ0) is 25.9. The summed E-state index contributed by atoms with van der Waals surface area (Å²) in [5.74, 6) is 0.0955. The molecule has 10 heteroatoms. The number of aromatic nitrogens is 3. The van der Waals surface area contributed by atoms with Gasteiger partial charge in [0.05, 0.1) is 13.7 Å². The summed E-state index contributed by atoms with van der Waals surface area (Å²) in [6, 6.07) is 17.6. The fourth-order valence-electron chi connectivity index (χ4n) is 4.34. The van der Waals surface area contributed by atoms with E-state index in [-0.39, 0.29) is 31.2 Å². The van der Waals surface area contributed by atoms with Crippen molar-refractivity contribution in [3.8, 4) is 5.75 Å². The van der Waals surface area contributed by atoms with Crippen molar-refractivity contribution in [3.05, 3.63) is 99.1 Å². The van der Waals surface area contributed by atoms with E-state index in [1.165, 1.54) is 4.57 Å². The van der Waals surface area contributed by atoms with Crippen molar-refractivity contribution in [2.24, 2.45) is 0 Å². The average molecular weight is 518 g/mol. The first-order valence-electron chi connectivity index (χ1n) is 11.8. The molecule has 2 aromatic heterocycles. The van der Waals surface area contributed by atoms with Crippen LogP contribution in [0.25, 0.3) is 11.2 Å². The number of nitrogens with zero attached hydrogens (tertiary/aromatic N) is 5. The summed E-state index contributed by atoms with van der Waals surface area (Å²) in [5.41, 5.74) is 1.53. The first kappa shape index (κ1) is 24.5. The molecule has 0 unspecified atom stereocenters. The van der Waals surface area contributed by atoms with Gasteiger partial charge in [0.25, 0.3) is 17.4 Å². The van der Waals surface area contributed by atoms with E-state index in [4.69, 9.17) is 16.3 Å². The second kappa shape index (κ2) is 10.4. The molecule has 2 aromatic carbocycles. The van der Waals surface area contributed by atoms with Gasteiger partial charge in [0.1, 0.15) is 11.3 Å². The van der Waals surface area contributed by atoms with Crippen LogP contribution in [-0.2, 0) is 6.54 Å². The number of piperazine rings is 1. The lowest BCUT2D eigenvalue weighted by Gasteiger charge is -2.34. The van der Waals surface area contributed by atoms with E-state index >= 15 is 0 Å². The van der Waals surface area contributed by atoms with Crippen molar-refractivity contribution in [1.29, 1.82) is 0 Å². The lowest BCUT2D eigenvalue weighted by molar-refractivity contribution is 0.0531. The molecule has 0 aliphatic carbocycles. The molecule has 1 aliphatic rings. The second-order valence-corrected chi connectivity index (χ2v) is 9.08. The Kier molecular flexibility index (Phi) is 6.87. The molecule has 188 valence electrons. The van der Waals surface area contributed by atoms with Crippen LogP contribution in [0.2, 0.25) is 5.02 Å². The van der Waals surface area contributed by atoms with E-state index in [0.29, 0.717) is 40.6 Å². The van der Waals surface area contributed by atoms with Gasteiger partial charge in [-0.1, -0.05) is 29.8 Å². The number of hydrogen-bond acceptors (Lipinski definition) is 6. The number of benzene rings is 2. The van der Waals surface area contributed by atoms with Gasteiger partial charge in [0, 0.05) is 43.0 Å². The molecule has 0 spiro atoms. The smallest absolute Gasteiger partial charge is 0.284 e. The molecule has 0 saturated carbocycles. The van der Waals surface area contributed by atoms with Crippen molar-refractivity contribution in [2.75, 3.05) is 33.3 Å². The lowest BCUT2D eigenvalue weighted by atomic mass is 10.1. The maximum absolute atomic E-state index is 13.5. The third-order valence-corrected chi connectivity index (χ3v) is 6.56. The van der Waals surface area contributed by atoms with E-state index in [9.17, 15) is 14.4 Å². The molecular weight excluding hydrogens is 494 g/mol. The largest absolute Gasteiger partial charge is 0.497 e. The fraction of sp³-hybridized carbons (Fsp3) is 0.222. The summed E-state index contributed by atoms with van der Waals surface area (Å²) in [7, 11) is 1.59. The summed E-state index contributed by atoms with van der Waals surface area (Å²) in [6.45, 7) is 1.48. The molecule has 0 radical (unpaired) electrons. The van der Waals surface area contributed by atoms with Gasteiger partial charge in [-0.05, 0) is 48.0 Å². The first-order chi connectivity index (χ1) is 17.9. The zero-order valence-corrected chi connectivity index (χ0v) is 20.9. The number of ether oxygens (including phenoxy) is 1. The van der Waals surface area contributed by atoms with Crippen LogP contribution in [0.4, 0.5) is 0 Å². The van der Waals surface area contributed by atoms with E-state index in [2.05, 4.69) is 9.97 Å². The topological polar surface area (TPSA) is 97.6 Å². The van der Waals surface area contributed by atoms with Crippen LogP contribution in [0.1, 0.15) is 26.4 Å². The van der Waals surface area contributed by atoms with Gasteiger partial charge in [-0.15, -0.1) is 0 Å². The normalized spacial score (nSPS) is 13.6. The minimum Gasteiger partial charge on any atom is -0.497 e. The Labute approximate surface area is 217 Å². The minimum absolute atomic E-state index is 0.147. The maximum atomic E-state index is 13.5. The fourth-order valence-corrected chi connectivity index (χ4v) is 4.53. The molecule has 4 aromatic rings. The maximum Gasteiger partial charge on any atom is 0.284 e. The zero-order valence-electron chi connectivity index (χ0n) is 20.1. The molecule has 1 saturated heterocycles. The van der Waals surface area contributed by atoms with Crippen molar-refractivity contribution in [2.45, 2.75) is 6.54 Å². The number of fused-ring (bicyclic) bond motifs is 1. The standard InChI is InChI=1S/C27H24ClN5O4/c1-37-21-9-7-18(8-10-21)17-33-24-22(6-3-11-29-24)30-23(27(33)36)26(35)32-14-12-31(13-15-32)25(34)19-4-2-5-20(28)16-19/h2-11,16H,12-15,17H2,1H3. The Morgan fingerprint density at radius 3 is 2.32 bits per heavy atom. The van der Waals surface area contributed by atoms with Crippen molar-refractivity contribution >= 4 is 34.6 Å². The molecule has 2 amide bonds. The molecule has 0 N–H and O–H groups in total. The summed E-state index contributed by atoms with van der Waals surface area (Å²) >= 11 is 6.02. The van der Waals surface area contributed by atoms with Gasteiger partial charge >= 0.3 is 0 Å². The number of amides is 2. The van der Waals surface area contributed by atoms with E-state index in [1.807, 2.05) is 24.3 Å². The summed E-state index contributed by atoms with van der Waals surface area (Å²) in [5, 5.41) is 0.488. The van der Waals surface area contributed by atoms with Gasteiger partial charge in [0.15, 0.2) is 11.3 Å². The lowest BCUT2D eigenvalue weighted by Crippen LogP contribution is -2.51. The quantitative estimate of drug-likeness (QED) is 0.403. The highest BCUT2D eigenvalue weighted by Gasteiger charge is 2.29. The summed E-state index contributed by atoms with van der Waals surface area (Å²) in [4.78, 5) is 51.7. The molecular formula is C27H24ClN5O4. The highest BCUT2D eigenvalue weighted by atomic mass is 35.5. The highest BCUT2D eigenvalue weighted by molar-refractivity contribution is 6.30. The SMILES string of the molecule is COc1ccc(Cn2c(=O)c(C(=O)N3CCN(C(=O)c4cccc(Cl)c4)CC3)nc3cccnc32)cc1. The predicted octanol–water partition coefficient (Wildman–Crippen LogP) is 3.10. The summed E-state index contributed by atoms with van der Waals surface area (Å²) in [6.07, 6.45) is 1.59. The molecule has 3 heterocycles. The van der Waals surface area contributed by atoms with E-state index < -0.39 is 11.5 Å². The molecule has 5 rings (SSSR count).